The molecule has 1 atom stereocenters. The number of aliphatic hydroxyl groups excluding tert-OH is 1. The second-order valence-electron chi connectivity index (χ2n) is 8.51. The molecule has 29 heavy (non-hydrogen) atoms. The fourth-order valence-corrected chi connectivity index (χ4v) is 5.77. The second kappa shape index (κ2) is 7.34. The highest BCUT2D eigenvalue weighted by Gasteiger charge is 2.49. The van der Waals surface area contributed by atoms with Gasteiger partial charge in [0.05, 0.1) is 23.1 Å². The summed E-state index contributed by atoms with van der Waals surface area (Å²) in [5.74, 6) is 2.84. The first-order valence-electron chi connectivity index (χ1n) is 10.4. The predicted molar refractivity (Wildman–Crippen MR) is 110 cm³/mol. The quantitative estimate of drug-likeness (QED) is 0.672. The number of fused-ring (bicyclic) bond motifs is 1. The number of phenols is 1. The summed E-state index contributed by atoms with van der Waals surface area (Å²) in [4.78, 5) is 12.6. The van der Waals surface area contributed by atoms with E-state index in [1.54, 1.807) is 6.07 Å². The summed E-state index contributed by atoms with van der Waals surface area (Å²) in [6.07, 6.45) is 4.61. The summed E-state index contributed by atoms with van der Waals surface area (Å²) >= 11 is 0. The zero-order valence-electron chi connectivity index (χ0n) is 16.4. The molecule has 5 rings (SSSR count). The van der Waals surface area contributed by atoms with Crippen LogP contribution in [0.5, 0.6) is 5.75 Å². The maximum absolute atomic E-state index is 12.5. The Hall–Kier alpha value is -2.03. The fourth-order valence-electron chi connectivity index (χ4n) is 4.44. The van der Waals surface area contributed by atoms with Gasteiger partial charge in [0.25, 0.3) is 0 Å². The summed E-state index contributed by atoms with van der Waals surface area (Å²) in [6.45, 7) is 1.82. The standard InChI is InChI=1S/C21H26N4O3S/c26-13-21(7-8-21)24-19-18-17(6-11-29(18)28)22-20(23-19)25-9-4-14(5-10-25)15-2-1-3-16(27)12-15/h1-3,12,14,26-27H,4-11,13H2,(H,22,23,24)/p+1. The SMILES string of the molecule is O=S1CCc2nc(N3CCC(c4cccc(O)c4)CC3)nc([NH2+]C3(CO)CC3)c21. The van der Waals surface area contributed by atoms with Gasteiger partial charge in [-0.15, -0.1) is 0 Å². The van der Waals surface area contributed by atoms with Gasteiger partial charge in [-0.25, -0.2) is 4.98 Å². The van der Waals surface area contributed by atoms with Crippen molar-refractivity contribution in [1.82, 2.24) is 9.97 Å². The first-order chi connectivity index (χ1) is 14.1. The van der Waals surface area contributed by atoms with E-state index in [1.165, 1.54) is 5.56 Å². The molecule has 1 unspecified atom stereocenters. The first kappa shape index (κ1) is 19.0. The molecule has 2 aromatic rings. The highest BCUT2D eigenvalue weighted by atomic mass is 32.2. The Kier molecular flexibility index (Phi) is 4.80. The number of aliphatic hydroxyl groups is 1. The third-order valence-electron chi connectivity index (χ3n) is 6.47. The Morgan fingerprint density at radius 2 is 2.03 bits per heavy atom. The van der Waals surface area contributed by atoms with Crippen molar-refractivity contribution < 1.29 is 19.7 Å². The number of anilines is 1. The third-order valence-corrected chi connectivity index (χ3v) is 7.95. The number of aromatic nitrogens is 2. The number of nitrogens with two attached hydrogens (primary N) is 1. The zero-order valence-corrected chi connectivity index (χ0v) is 17.2. The number of hydrogen-bond donors (Lipinski definition) is 3. The molecule has 0 amide bonds. The number of piperidine rings is 1. The number of hydrogen-bond acceptors (Lipinski definition) is 6. The van der Waals surface area contributed by atoms with Gasteiger partial charge in [-0.2, -0.15) is 4.98 Å². The molecule has 2 aliphatic heterocycles. The van der Waals surface area contributed by atoms with Crippen LogP contribution in [0, 0.1) is 0 Å². The highest BCUT2D eigenvalue weighted by molar-refractivity contribution is 7.85. The summed E-state index contributed by atoms with van der Waals surface area (Å²) < 4.78 is 12.5. The molecule has 1 saturated carbocycles. The van der Waals surface area contributed by atoms with E-state index in [0.29, 0.717) is 17.4 Å². The lowest BCUT2D eigenvalue weighted by molar-refractivity contribution is -0.634. The van der Waals surface area contributed by atoms with E-state index in [9.17, 15) is 14.4 Å². The van der Waals surface area contributed by atoms with E-state index in [0.717, 1.165) is 67.5 Å². The van der Waals surface area contributed by atoms with Crippen molar-refractivity contribution in [2.75, 3.05) is 30.3 Å². The smallest absolute Gasteiger partial charge is 0.246 e. The zero-order chi connectivity index (χ0) is 20.0. The van der Waals surface area contributed by atoms with E-state index in [-0.39, 0.29) is 12.1 Å². The number of aryl methyl sites for hydroxylation is 1. The summed E-state index contributed by atoms with van der Waals surface area (Å²) in [5.41, 5.74) is 1.90. The van der Waals surface area contributed by atoms with Crippen molar-refractivity contribution >= 4 is 22.6 Å². The van der Waals surface area contributed by atoms with Gasteiger partial charge in [-0.05, 0) is 36.5 Å². The van der Waals surface area contributed by atoms with Gasteiger partial charge in [0.1, 0.15) is 16.2 Å². The highest BCUT2D eigenvalue weighted by Crippen LogP contribution is 2.35. The molecule has 8 heteroatoms. The molecule has 0 bridgehead atoms. The molecule has 3 aliphatic rings. The van der Waals surface area contributed by atoms with Crippen LogP contribution in [-0.2, 0) is 17.2 Å². The van der Waals surface area contributed by atoms with Gasteiger partial charge >= 0.3 is 0 Å². The van der Waals surface area contributed by atoms with Gasteiger partial charge in [0.2, 0.25) is 11.8 Å². The molecular weight excluding hydrogens is 388 g/mol. The average Bonchev–Trinajstić information content (AvgIpc) is 3.42. The molecule has 1 aromatic heterocycles. The van der Waals surface area contributed by atoms with Crippen LogP contribution in [0.2, 0.25) is 0 Å². The number of quaternary nitrogens is 1. The van der Waals surface area contributed by atoms with Crippen molar-refractivity contribution in [2.45, 2.75) is 48.5 Å². The molecule has 0 spiro atoms. The number of phenolic OH excluding ortho intramolecular Hbond substituents is 1. The van der Waals surface area contributed by atoms with Gasteiger partial charge in [-0.3, -0.25) is 9.53 Å². The van der Waals surface area contributed by atoms with Crippen molar-refractivity contribution in [1.29, 1.82) is 0 Å². The van der Waals surface area contributed by atoms with Gasteiger partial charge in [0.15, 0.2) is 0 Å². The Morgan fingerprint density at radius 1 is 1.24 bits per heavy atom. The summed E-state index contributed by atoms with van der Waals surface area (Å²) in [6, 6.07) is 7.55. The van der Waals surface area contributed by atoms with Gasteiger partial charge in [-0.1, -0.05) is 12.1 Å². The Morgan fingerprint density at radius 3 is 2.72 bits per heavy atom. The molecule has 1 aromatic carbocycles. The van der Waals surface area contributed by atoms with E-state index in [4.69, 9.17) is 9.97 Å². The molecule has 2 fully saturated rings. The van der Waals surface area contributed by atoms with Crippen LogP contribution in [0.1, 0.15) is 42.9 Å². The molecule has 1 saturated heterocycles. The normalized spacial score (nSPS) is 23.2. The van der Waals surface area contributed by atoms with Gasteiger partial charge in [0, 0.05) is 38.1 Å². The Labute approximate surface area is 172 Å². The van der Waals surface area contributed by atoms with Crippen molar-refractivity contribution in [3.8, 4) is 5.75 Å². The number of nitrogens with zero attached hydrogens (tertiary/aromatic N) is 3. The van der Waals surface area contributed by atoms with Gasteiger partial charge < -0.3 is 15.1 Å². The Balaban J connectivity index is 1.37. The van der Waals surface area contributed by atoms with Crippen molar-refractivity contribution in [2.24, 2.45) is 0 Å². The molecular formula is C21H27N4O3S+. The van der Waals surface area contributed by atoms with E-state index in [1.807, 2.05) is 17.4 Å². The van der Waals surface area contributed by atoms with Crippen LogP contribution in [0.3, 0.4) is 0 Å². The van der Waals surface area contributed by atoms with Crippen molar-refractivity contribution in [3.63, 3.8) is 0 Å². The molecule has 0 radical (unpaired) electrons. The van der Waals surface area contributed by atoms with E-state index < -0.39 is 10.8 Å². The molecule has 154 valence electrons. The van der Waals surface area contributed by atoms with Crippen LogP contribution in [0.15, 0.2) is 29.2 Å². The minimum absolute atomic E-state index is 0.114. The molecule has 1 aliphatic carbocycles. The van der Waals surface area contributed by atoms with E-state index >= 15 is 0 Å². The van der Waals surface area contributed by atoms with Crippen LogP contribution >= 0.6 is 0 Å². The lowest BCUT2D eigenvalue weighted by Gasteiger charge is -2.32. The van der Waals surface area contributed by atoms with Crippen LogP contribution in [0.25, 0.3) is 0 Å². The molecule has 3 heterocycles. The second-order valence-corrected chi connectivity index (χ2v) is 10.0. The maximum atomic E-state index is 12.5. The maximum Gasteiger partial charge on any atom is 0.246 e. The Bertz CT molecular complexity index is 955. The summed E-state index contributed by atoms with van der Waals surface area (Å²) in [5, 5.41) is 21.5. The lowest BCUT2D eigenvalue weighted by Crippen LogP contribution is -2.88. The average molecular weight is 416 g/mol. The van der Waals surface area contributed by atoms with E-state index in [2.05, 4.69) is 11.0 Å². The largest absolute Gasteiger partial charge is 0.508 e. The van der Waals surface area contributed by atoms with Crippen LogP contribution in [-0.4, -0.2) is 55.4 Å². The predicted octanol–water partition coefficient (Wildman–Crippen LogP) is 0.950. The lowest BCUT2D eigenvalue weighted by atomic mass is 9.89. The molecule has 7 nitrogen and oxygen atoms in total. The first-order valence-corrected chi connectivity index (χ1v) is 11.7. The number of aromatic hydroxyl groups is 1. The van der Waals surface area contributed by atoms with Crippen LogP contribution < -0.4 is 10.2 Å². The number of rotatable bonds is 5. The summed E-state index contributed by atoms with van der Waals surface area (Å²) in [7, 11) is -1.04. The number of benzene rings is 1. The third kappa shape index (κ3) is 3.65. The topological polar surface area (TPSA) is 103 Å². The molecule has 4 N–H and O–H groups in total. The monoisotopic (exact) mass is 415 g/mol. The fraction of sp³-hybridized carbons (Fsp3) is 0.524. The van der Waals surface area contributed by atoms with Crippen molar-refractivity contribution in [3.05, 3.63) is 35.5 Å². The minimum atomic E-state index is -1.04. The minimum Gasteiger partial charge on any atom is -0.508 e. The van der Waals surface area contributed by atoms with Crippen LogP contribution in [0.4, 0.5) is 11.8 Å².